The van der Waals surface area contributed by atoms with Gasteiger partial charge in [0.1, 0.15) is 5.70 Å². The highest BCUT2D eigenvalue weighted by molar-refractivity contribution is 6.35. The number of methoxy groups -OCH3 is 2. The minimum absolute atomic E-state index is 0.138. The van der Waals surface area contributed by atoms with Gasteiger partial charge in [0.2, 0.25) is 5.91 Å². The molecule has 0 aliphatic carbocycles. The molecule has 0 bridgehead atoms. The first-order valence-corrected chi connectivity index (χ1v) is 10.6. The highest BCUT2D eigenvalue weighted by Crippen LogP contribution is 2.33. The number of nitrogens with zero attached hydrogens (tertiary/aromatic N) is 3. The predicted octanol–water partition coefficient (Wildman–Crippen LogP) is 1.91. The van der Waals surface area contributed by atoms with Gasteiger partial charge in [0, 0.05) is 52.3 Å². The van der Waals surface area contributed by atoms with Gasteiger partial charge in [-0.25, -0.2) is 0 Å². The van der Waals surface area contributed by atoms with Gasteiger partial charge >= 0.3 is 0 Å². The number of amides is 3. The van der Waals surface area contributed by atoms with Gasteiger partial charge < -0.3 is 19.7 Å². The summed E-state index contributed by atoms with van der Waals surface area (Å²) in [5.74, 6) is -0.938. The van der Waals surface area contributed by atoms with Crippen molar-refractivity contribution in [2.75, 3.05) is 45.8 Å². The normalized spacial score (nSPS) is 13.6. The van der Waals surface area contributed by atoms with Crippen molar-refractivity contribution in [3.05, 3.63) is 65.6 Å². The molecule has 0 spiro atoms. The van der Waals surface area contributed by atoms with Gasteiger partial charge in [0.05, 0.1) is 25.3 Å². The fraction of sp³-hybridized carbons (Fsp3) is 0.333. The lowest BCUT2D eigenvalue weighted by Crippen LogP contribution is -2.37. The predicted molar refractivity (Wildman–Crippen MR) is 123 cm³/mol. The standard InChI is InChI=1S/C24H28N4O5/c1-17(29)26-20-6-4-19(5-7-20)21-22(27(12-14-32-2)13-15-33-3)24(31)28(23(21)30)16-18-8-10-25-11-9-18/h4-11H,12-16H2,1-3H3,(H,26,29). The van der Waals surface area contributed by atoms with Gasteiger partial charge in [-0.2, -0.15) is 0 Å². The van der Waals surface area contributed by atoms with Crippen LogP contribution in [0.25, 0.3) is 5.57 Å². The Morgan fingerprint density at radius 3 is 2.12 bits per heavy atom. The molecule has 9 nitrogen and oxygen atoms in total. The first-order chi connectivity index (χ1) is 16.0. The fourth-order valence-electron chi connectivity index (χ4n) is 3.59. The molecule has 1 N–H and O–H groups in total. The van der Waals surface area contributed by atoms with Gasteiger partial charge in [-0.1, -0.05) is 12.1 Å². The van der Waals surface area contributed by atoms with Crippen LogP contribution >= 0.6 is 0 Å². The van der Waals surface area contributed by atoms with E-state index in [0.717, 1.165) is 5.56 Å². The maximum atomic E-state index is 13.5. The van der Waals surface area contributed by atoms with Gasteiger partial charge in [0.15, 0.2) is 0 Å². The van der Waals surface area contributed by atoms with Crippen LogP contribution in [0.4, 0.5) is 5.69 Å². The van der Waals surface area contributed by atoms with Crippen molar-refractivity contribution in [2.24, 2.45) is 0 Å². The van der Waals surface area contributed by atoms with Crippen LogP contribution < -0.4 is 5.32 Å². The third-order valence-electron chi connectivity index (χ3n) is 5.17. The van der Waals surface area contributed by atoms with Crippen LogP contribution in [0.5, 0.6) is 0 Å². The van der Waals surface area contributed by atoms with Crippen LogP contribution in [0.3, 0.4) is 0 Å². The molecule has 1 aliphatic heterocycles. The van der Waals surface area contributed by atoms with E-state index >= 15 is 0 Å². The zero-order chi connectivity index (χ0) is 23.8. The minimum Gasteiger partial charge on any atom is -0.383 e. The Morgan fingerprint density at radius 2 is 1.58 bits per heavy atom. The van der Waals surface area contributed by atoms with Crippen LogP contribution in [-0.4, -0.2) is 73.0 Å². The molecule has 0 radical (unpaired) electrons. The fourth-order valence-corrected chi connectivity index (χ4v) is 3.59. The molecule has 1 aromatic heterocycles. The van der Waals surface area contributed by atoms with Crippen LogP contribution in [-0.2, 0) is 30.4 Å². The molecule has 0 fully saturated rings. The molecule has 0 atom stereocenters. The molecule has 174 valence electrons. The molecule has 2 heterocycles. The second-order valence-electron chi connectivity index (χ2n) is 7.51. The zero-order valence-electron chi connectivity index (χ0n) is 19.0. The van der Waals surface area contributed by atoms with E-state index in [4.69, 9.17) is 9.47 Å². The maximum Gasteiger partial charge on any atom is 0.278 e. The Balaban J connectivity index is 2.02. The Morgan fingerprint density at radius 1 is 0.970 bits per heavy atom. The number of hydrogen-bond donors (Lipinski definition) is 1. The maximum absolute atomic E-state index is 13.5. The summed E-state index contributed by atoms with van der Waals surface area (Å²) in [5, 5.41) is 2.71. The molecule has 3 amide bonds. The largest absolute Gasteiger partial charge is 0.383 e. The van der Waals surface area contributed by atoms with Gasteiger partial charge in [0.25, 0.3) is 11.8 Å². The van der Waals surface area contributed by atoms with Crippen molar-refractivity contribution in [3.63, 3.8) is 0 Å². The number of aromatic nitrogens is 1. The van der Waals surface area contributed by atoms with Gasteiger partial charge in [-0.3, -0.25) is 24.3 Å². The van der Waals surface area contributed by atoms with Crippen molar-refractivity contribution < 1.29 is 23.9 Å². The van der Waals surface area contributed by atoms with E-state index in [9.17, 15) is 14.4 Å². The average molecular weight is 453 g/mol. The number of carbonyl (C=O) groups excluding carboxylic acids is 3. The second kappa shape index (κ2) is 11.3. The summed E-state index contributed by atoms with van der Waals surface area (Å²) in [6.07, 6.45) is 3.25. The second-order valence-corrected chi connectivity index (χ2v) is 7.51. The minimum atomic E-state index is -0.376. The van der Waals surface area contributed by atoms with E-state index in [-0.39, 0.29) is 24.3 Å². The van der Waals surface area contributed by atoms with Crippen LogP contribution in [0.15, 0.2) is 54.5 Å². The molecule has 1 aromatic carbocycles. The summed E-state index contributed by atoms with van der Waals surface area (Å²) in [7, 11) is 3.17. The van der Waals surface area contributed by atoms with Crippen molar-refractivity contribution in [1.82, 2.24) is 14.8 Å². The smallest absolute Gasteiger partial charge is 0.278 e. The lowest BCUT2D eigenvalue weighted by molar-refractivity contribution is -0.138. The van der Waals surface area contributed by atoms with Crippen molar-refractivity contribution >= 4 is 29.0 Å². The van der Waals surface area contributed by atoms with Crippen molar-refractivity contribution in [2.45, 2.75) is 13.5 Å². The summed E-state index contributed by atoms with van der Waals surface area (Å²) in [6, 6.07) is 10.4. The Kier molecular flexibility index (Phi) is 8.28. The number of ether oxygens (including phenoxy) is 2. The highest BCUT2D eigenvalue weighted by Gasteiger charge is 2.41. The average Bonchev–Trinajstić information content (AvgIpc) is 3.05. The number of anilines is 1. The quantitative estimate of drug-likeness (QED) is 0.520. The Bertz CT molecular complexity index is 1010. The summed E-state index contributed by atoms with van der Waals surface area (Å²) in [4.78, 5) is 45.5. The third-order valence-corrected chi connectivity index (χ3v) is 5.17. The Hall–Kier alpha value is -3.56. The van der Waals surface area contributed by atoms with Crippen LogP contribution in [0.1, 0.15) is 18.1 Å². The molecule has 3 rings (SSSR count). The van der Waals surface area contributed by atoms with E-state index in [1.807, 2.05) is 4.90 Å². The first-order valence-electron chi connectivity index (χ1n) is 10.6. The number of benzene rings is 1. The first kappa shape index (κ1) is 24.1. The summed E-state index contributed by atoms with van der Waals surface area (Å²) < 4.78 is 10.5. The van der Waals surface area contributed by atoms with E-state index in [0.29, 0.717) is 48.8 Å². The summed E-state index contributed by atoms with van der Waals surface area (Å²) in [6.45, 7) is 3.17. The van der Waals surface area contributed by atoms with Crippen LogP contribution in [0.2, 0.25) is 0 Å². The van der Waals surface area contributed by atoms with Gasteiger partial charge in [-0.15, -0.1) is 0 Å². The van der Waals surface area contributed by atoms with E-state index in [1.165, 1.54) is 11.8 Å². The Labute approximate surface area is 193 Å². The molecule has 0 unspecified atom stereocenters. The molecular formula is C24H28N4O5. The van der Waals surface area contributed by atoms with E-state index in [1.54, 1.807) is 63.0 Å². The summed E-state index contributed by atoms with van der Waals surface area (Å²) in [5.41, 5.74) is 2.63. The third kappa shape index (κ3) is 5.82. The SMILES string of the molecule is COCCN(CCOC)C1=C(c2ccc(NC(C)=O)cc2)C(=O)N(Cc2ccncc2)C1=O. The highest BCUT2D eigenvalue weighted by atomic mass is 16.5. The molecule has 9 heteroatoms. The number of pyridine rings is 1. The van der Waals surface area contributed by atoms with Crippen molar-refractivity contribution in [1.29, 1.82) is 0 Å². The number of carbonyl (C=O) groups is 3. The molecular weight excluding hydrogens is 424 g/mol. The van der Waals surface area contributed by atoms with Crippen molar-refractivity contribution in [3.8, 4) is 0 Å². The lowest BCUT2D eigenvalue weighted by atomic mass is 10.0. The molecule has 1 aliphatic rings. The number of hydrogen-bond acceptors (Lipinski definition) is 7. The molecule has 0 saturated carbocycles. The number of nitrogens with one attached hydrogen (secondary N) is 1. The number of rotatable bonds is 11. The number of imide groups is 1. The van der Waals surface area contributed by atoms with Crippen LogP contribution in [0, 0.1) is 0 Å². The monoisotopic (exact) mass is 452 g/mol. The molecule has 2 aromatic rings. The topological polar surface area (TPSA) is 101 Å². The van der Waals surface area contributed by atoms with Gasteiger partial charge in [-0.05, 0) is 35.4 Å². The lowest BCUT2D eigenvalue weighted by Gasteiger charge is -2.25. The molecule has 33 heavy (non-hydrogen) atoms. The van der Waals surface area contributed by atoms with E-state index in [2.05, 4.69) is 10.3 Å². The molecule has 0 saturated heterocycles. The summed E-state index contributed by atoms with van der Waals surface area (Å²) >= 11 is 0. The van der Waals surface area contributed by atoms with E-state index < -0.39 is 0 Å². The zero-order valence-corrected chi connectivity index (χ0v) is 19.0.